The Balaban J connectivity index is 1.62. The molecule has 114 valence electrons. The molecule has 0 bridgehead atoms. The van der Waals surface area contributed by atoms with Gasteiger partial charge in [-0.3, -0.25) is 4.90 Å². The number of likely N-dealkylation sites (N-methyl/N-ethyl adjacent to an activating group) is 1. The minimum atomic E-state index is 0.345. The summed E-state index contributed by atoms with van der Waals surface area (Å²) >= 11 is 7.32. The highest BCUT2D eigenvalue weighted by molar-refractivity contribution is 7.10. The van der Waals surface area contributed by atoms with E-state index in [4.69, 9.17) is 11.6 Å². The molecular formula is C14H20ClN5S. The lowest BCUT2D eigenvalue weighted by Gasteiger charge is -2.37. The molecule has 2 aliphatic heterocycles. The van der Waals surface area contributed by atoms with Crippen LogP contribution in [-0.4, -0.2) is 66.0 Å². The molecule has 2 fully saturated rings. The van der Waals surface area contributed by atoms with Crippen molar-refractivity contribution >= 4 is 28.1 Å². The van der Waals surface area contributed by atoms with E-state index in [1.807, 2.05) is 0 Å². The summed E-state index contributed by atoms with van der Waals surface area (Å²) < 4.78 is 4.11. The number of nitrogens with zero attached hydrogens (tertiary/aromatic N) is 5. The maximum atomic E-state index is 9.21. The van der Waals surface area contributed by atoms with Crippen LogP contribution < -0.4 is 4.90 Å². The predicted molar refractivity (Wildman–Crippen MR) is 86.1 cm³/mol. The molecule has 5 nitrogen and oxygen atoms in total. The topological polar surface area (TPSA) is 46.4 Å². The minimum Gasteiger partial charge on any atom is -0.359 e. The van der Waals surface area contributed by atoms with Gasteiger partial charge in [0.05, 0.1) is 0 Å². The average Bonchev–Trinajstić information content (AvgIpc) is 3.13. The van der Waals surface area contributed by atoms with Crippen molar-refractivity contribution < 1.29 is 0 Å². The van der Waals surface area contributed by atoms with Gasteiger partial charge in [0, 0.05) is 45.3 Å². The van der Waals surface area contributed by atoms with Crippen LogP contribution in [0, 0.1) is 11.3 Å². The number of nitriles is 1. The zero-order valence-corrected chi connectivity index (χ0v) is 13.8. The van der Waals surface area contributed by atoms with Crippen molar-refractivity contribution in [2.24, 2.45) is 0 Å². The summed E-state index contributed by atoms with van der Waals surface area (Å²) in [5.74, 6) is 0. The van der Waals surface area contributed by atoms with Gasteiger partial charge in [-0.2, -0.15) is 9.64 Å². The van der Waals surface area contributed by atoms with Gasteiger partial charge in [-0.1, -0.05) is 18.5 Å². The second-order valence-electron chi connectivity index (χ2n) is 5.62. The zero-order valence-electron chi connectivity index (χ0n) is 12.3. The van der Waals surface area contributed by atoms with Crippen molar-refractivity contribution in [3.05, 3.63) is 10.7 Å². The molecule has 1 aromatic rings. The van der Waals surface area contributed by atoms with Gasteiger partial charge in [0.25, 0.3) is 0 Å². The first-order valence-electron chi connectivity index (χ1n) is 7.49. The molecule has 0 radical (unpaired) electrons. The van der Waals surface area contributed by atoms with E-state index in [-0.39, 0.29) is 0 Å². The van der Waals surface area contributed by atoms with E-state index >= 15 is 0 Å². The van der Waals surface area contributed by atoms with Crippen LogP contribution in [0.1, 0.15) is 18.9 Å². The SMILES string of the molecule is CCN1CCN(C2CCN(c3snc(Cl)c3C#N)C2)CC1. The summed E-state index contributed by atoms with van der Waals surface area (Å²) in [5, 5.41) is 10.5. The van der Waals surface area contributed by atoms with E-state index in [1.54, 1.807) is 0 Å². The van der Waals surface area contributed by atoms with Gasteiger partial charge >= 0.3 is 0 Å². The highest BCUT2D eigenvalue weighted by atomic mass is 35.5. The molecule has 3 rings (SSSR count). The molecule has 0 saturated carbocycles. The van der Waals surface area contributed by atoms with Crippen molar-refractivity contribution in [3.8, 4) is 6.07 Å². The first kappa shape index (κ1) is 15.0. The van der Waals surface area contributed by atoms with E-state index in [0.717, 1.165) is 44.1 Å². The second-order valence-corrected chi connectivity index (χ2v) is 6.73. The molecule has 0 aromatic carbocycles. The zero-order chi connectivity index (χ0) is 14.8. The molecule has 2 aliphatic rings. The Morgan fingerprint density at radius 2 is 2.10 bits per heavy atom. The maximum absolute atomic E-state index is 9.21. The molecule has 21 heavy (non-hydrogen) atoms. The van der Waals surface area contributed by atoms with Crippen LogP contribution >= 0.6 is 23.1 Å². The molecule has 1 unspecified atom stereocenters. The molecule has 3 heterocycles. The van der Waals surface area contributed by atoms with Crippen LogP contribution in [0.2, 0.25) is 5.15 Å². The van der Waals surface area contributed by atoms with Gasteiger partial charge in [-0.15, -0.1) is 0 Å². The summed E-state index contributed by atoms with van der Waals surface area (Å²) in [7, 11) is 0. The van der Waals surface area contributed by atoms with Crippen LogP contribution in [0.5, 0.6) is 0 Å². The van der Waals surface area contributed by atoms with Gasteiger partial charge < -0.3 is 9.80 Å². The van der Waals surface area contributed by atoms with Crippen molar-refractivity contribution in [1.82, 2.24) is 14.2 Å². The summed E-state index contributed by atoms with van der Waals surface area (Å²) in [6.07, 6.45) is 1.16. The fourth-order valence-corrected chi connectivity index (χ4v) is 4.31. The Labute approximate surface area is 134 Å². The lowest BCUT2D eigenvalue weighted by Crippen LogP contribution is -2.50. The summed E-state index contributed by atoms with van der Waals surface area (Å²) in [4.78, 5) is 7.37. The third-order valence-electron chi connectivity index (χ3n) is 4.57. The molecule has 1 aromatic heterocycles. The molecule has 0 spiro atoms. The van der Waals surface area contributed by atoms with Crippen LogP contribution in [0.15, 0.2) is 0 Å². The highest BCUT2D eigenvalue weighted by Gasteiger charge is 2.32. The van der Waals surface area contributed by atoms with Crippen LogP contribution in [0.25, 0.3) is 0 Å². The summed E-state index contributed by atoms with van der Waals surface area (Å²) in [6.45, 7) is 10.00. The summed E-state index contributed by atoms with van der Waals surface area (Å²) in [5.41, 5.74) is 0.540. The van der Waals surface area contributed by atoms with Crippen molar-refractivity contribution in [3.63, 3.8) is 0 Å². The first-order chi connectivity index (χ1) is 10.2. The van der Waals surface area contributed by atoms with Crippen LogP contribution in [-0.2, 0) is 0 Å². The monoisotopic (exact) mass is 325 g/mol. The number of anilines is 1. The Bertz CT molecular complexity index is 532. The largest absolute Gasteiger partial charge is 0.359 e. The summed E-state index contributed by atoms with van der Waals surface area (Å²) in [6, 6.07) is 2.78. The molecule has 1 atom stereocenters. The normalized spacial score (nSPS) is 24.4. The minimum absolute atomic E-state index is 0.345. The average molecular weight is 326 g/mol. The standard InChI is InChI=1S/C14H20ClN5S/c1-2-18-5-7-19(8-6-18)11-3-4-20(10-11)14-12(9-16)13(15)17-21-14/h11H,2-8,10H2,1H3. The van der Waals surface area contributed by atoms with Crippen LogP contribution in [0.4, 0.5) is 5.00 Å². The predicted octanol–water partition coefficient (Wildman–Crippen LogP) is 1.88. The van der Waals surface area contributed by atoms with E-state index in [9.17, 15) is 5.26 Å². The Morgan fingerprint density at radius 1 is 1.33 bits per heavy atom. The van der Waals surface area contributed by atoms with E-state index in [1.165, 1.54) is 24.6 Å². The molecular weight excluding hydrogens is 306 g/mol. The fourth-order valence-electron chi connectivity index (χ4n) is 3.24. The first-order valence-corrected chi connectivity index (χ1v) is 8.64. The number of hydrogen-bond donors (Lipinski definition) is 0. The van der Waals surface area contributed by atoms with Crippen molar-refractivity contribution in [1.29, 1.82) is 5.26 Å². The number of aromatic nitrogens is 1. The van der Waals surface area contributed by atoms with Gasteiger partial charge in [0.2, 0.25) is 0 Å². The quantitative estimate of drug-likeness (QED) is 0.849. The third kappa shape index (κ3) is 3.02. The molecule has 2 saturated heterocycles. The lowest BCUT2D eigenvalue weighted by atomic mass is 10.2. The highest BCUT2D eigenvalue weighted by Crippen LogP contribution is 2.34. The Kier molecular flexibility index (Phi) is 4.65. The van der Waals surface area contributed by atoms with Gasteiger partial charge in [-0.05, 0) is 24.5 Å². The maximum Gasteiger partial charge on any atom is 0.162 e. The van der Waals surface area contributed by atoms with E-state index in [0.29, 0.717) is 16.8 Å². The number of rotatable bonds is 3. The fraction of sp³-hybridized carbons (Fsp3) is 0.714. The molecule has 0 N–H and O–H groups in total. The van der Waals surface area contributed by atoms with Gasteiger partial charge in [0.15, 0.2) is 5.15 Å². The van der Waals surface area contributed by atoms with Gasteiger partial charge in [0.1, 0.15) is 16.6 Å². The molecule has 0 aliphatic carbocycles. The number of piperazine rings is 1. The van der Waals surface area contributed by atoms with Crippen molar-refractivity contribution in [2.45, 2.75) is 19.4 Å². The van der Waals surface area contributed by atoms with Crippen molar-refractivity contribution in [2.75, 3.05) is 50.7 Å². The smallest absolute Gasteiger partial charge is 0.162 e. The second kappa shape index (κ2) is 6.49. The Hall–Kier alpha value is -0.870. The number of hydrogen-bond acceptors (Lipinski definition) is 6. The van der Waals surface area contributed by atoms with E-state index in [2.05, 4.69) is 32.1 Å². The van der Waals surface area contributed by atoms with Crippen LogP contribution in [0.3, 0.4) is 0 Å². The number of halogens is 1. The van der Waals surface area contributed by atoms with E-state index < -0.39 is 0 Å². The van der Waals surface area contributed by atoms with Gasteiger partial charge in [-0.25, -0.2) is 0 Å². The Morgan fingerprint density at radius 3 is 2.76 bits per heavy atom. The molecule has 0 amide bonds. The third-order valence-corrected chi connectivity index (χ3v) is 5.85. The lowest BCUT2D eigenvalue weighted by molar-refractivity contribution is 0.107. The molecule has 7 heteroatoms.